The highest BCUT2D eigenvalue weighted by molar-refractivity contribution is 6.30. The SMILES string of the molecule is COCCN(C)C(=O)c1oc2c(c1C)-c1nn(Cc3ccc(Cl)cc3)cc1CC2. The first kappa shape index (κ1) is 19.7. The van der Waals surface area contributed by atoms with Crippen LogP contribution in [0, 0.1) is 6.92 Å². The van der Waals surface area contributed by atoms with Crippen LogP contribution < -0.4 is 0 Å². The minimum atomic E-state index is -0.129. The number of amides is 1. The molecule has 0 aliphatic heterocycles. The molecule has 4 rings (SSSR count). The molecular weight excluding hydrogens is 390 g/mol. The minimum absolute atomic E-state index is 0.129. The van der Waals surface area contributed by atoms with Gasteiger partial charge in [0.25, 0.3) is 5.91 Å². The van der Waals surface area contributed by atoms with Gasteiger partial charge in [0, 0.05) is 49.5 Å². The smallest absolute Gasteiger partial charge is 0.289 e. The first-order chi connectivity index (χ1) is 14.0. The third kappa shape index (κ3) is 3.82. The van der Waals surface area contributed by atoms with Gasteiger partial charge in [0.2, 0.25) is 0 Å². The van der Waals surface area contributed by atoms with Gasteiger partial charge < -0.3 is 14.1 Å². The fourth-order valence-electron chi connectivity index (χ4n) is 3.73. The molecule has 0 bridgehead atoms. The largest absolute Gasteiger partial charge is 0.455 e. The van der Waals surface area contributed by atoms with Crippen LogP contribution in [0.25, 0.3) is 11.3 Å². The second-order valence-corrected chi connectivity index (χ2v) is 7.84. The maximum absolute atomic E-state index is 12.8. The maximum atomic E-state index is 12.8. The molecule has 0 saturated carbocycles. The predicted molar refractivity (Wildman–Crippen MR) is 111 cm³/mol. The van der Waals surface area contributed by atoms with E-state index >= 15 is 0 Å². The average molecular weight is 414 g/mol. The van der Waals surface area contributed by atoms with Crippen molar-refractivity contribution in [3.63, 3.8) is 0 Å². The van der Waals surface area contributed by atoms with Gasteiger partial charge in [-0.15, -0.1) is 0 Å². The Morgan fingerprint density at radius 2 is 2.07 bits per heavy atom. The number of benzene rings is 1. The number of aromatic nitrogens is 2. The lowest BCUT2D eigenvalue weighted by molar-refractivity contribution is 0.0711. The zero-order valence-electron chi connectivity index (χ0n) is 16.9. The van der Waals surface area contributed by atoms with E-state index in [4.69, 9.17) is 25.9 Å². The molecule has 1 aromatic carbocycles. The van der Waals surface area contributed by atoms with Gasteiger partial charge in [0.1, 0.15) is 5.76 Å². The molecule has 7 heteroatoms. The van der Waals surface area contributed by atoms with Gasteiger partial charge >= 0.3 is 0 Å². The molecule has 1 amide bonds. The molecule has 2 aromatic heterocycles. The molecule has 1 aliphatic rings. The fourth-order valence-corrected chi connectivity index (χ4v) is 3.85. The second-order valence-electron chi connectivity index (χ2n) is 7.40. The summed E-state index contributed by atoms with van der Waals surface area (Å²) in [6, 6.07) is 7.78. The van der Waals surface area contributed by atoms with Gasteiger partial charge in [-0.3, -0.25) is 9.48 Å². The lowest BCUT2D eigenvalue weighted by Crippen LogP contribution is -2.30. The monoisotopic (exact) mass is 413 g/mol. The van der Waals surface area contributed by atoms with Crippen molar-refractivity contribution in [2.75, 3.05) is 27.3 Å². The van der Waals surface area contributed by atoms with Crippen molar-refractivity contribution >= 4 is 17.5 Å². The Labute approximate surface area is 175 Å². The van der Waals surface area contributed by atoms with E-state index in [-0.39, 0.29) is 5.91 Å². The molecule has 1 aliphatic carbocycles. The number of carbonyl (C=O) groups is 1. The summed E-state index contributed by atoms with van der Waals surface area (Å²) in [7, 11) is 3.38. The highest BCUT2D eigenvalue weighted by Gasteiger charge is 2.30. The van der Waals surface area contributed by atoms with Crippen LogP contribution >= 0.6 is 11.6 Å². The first-order valence-corrected chi connectivity index (χ1v) is 10.0. The molecule has 2 heterocycles. The van der Waals surface area contributed by atoms with Crippen LogP contribution in [0.2, 0.25) is 5.02 Å². The van der Waals surface area contributed by atoms with Crippen LogP contribution in [0.1, 0.15) is 33.0 Å². The van der Waals surface area contributed by atoms with Crippen LogP contribution in [0.5, 0.6) is 0 Å². The van der Waals surface area contributed by atoms with Crippen LogP contribution in [0.4, 0.5) is 0 Å². The molecule has 3 aromatic rings. The van der Waals surface area contributed by atoms with Crippen molar-refractivity contribution in [3.8, 4) is 11.3 Å². The van der Waals surface area contributed by atoms with Crippen molar-refractivity contribution in [1.82, 2.24) is 14.7 Å². The topological polar surface area (TPSA) is 60.5 Å². The molecule has 0 spiro atoms. The Hall–Kier alpha value is -2.57. The van der Waals surface area contributed by atoms with Crippen molar-refractivity contribution in [3.05, 3.63) is 63.7 Å². The van der Waals surface area contributed by atoms with Gasteiger partial charge in [-0.05, 0) is 36.6 Å². The van der Waals surface area contributed by atoms with E-state index in [2.05, 4.69) is 6.20 Å². The van der Waals surface area contributed by atoms with Crippen LogP contribution in [-0.4, -0.2) is 47.9 Å². The number of furan rings is 1. The number of rotatable bonds is 6. The number of fused-ring (bicyclic) bond motifs is 3. The fraction of sp³-hybridized carbons (Fsp3) is 0.364. The Kier molecular flexibility index (Phi) is 5.48. The van der Waals surface area contributed by atoms with Gasteiger partial charge in [-0.2, -0.15) is 5.10 Å². The molecule has 0 N–H and O–H groups in total. The van der Waals surface area contributed by atoms with Gasteiger partial charge in [-0.1, -0.05) is 23.7 Å². The zero-order valence-corrected chi connectivity index (χ0v) is 17.6. The number of aryl methyl sites for hydroxylation is 2. The number of hydrogen-bond donors (Lipinski definition) is 0. The lowest BCUT2D eigenvalue weighted by atomic mass is 9.93. The predicted octanol–water partition coefficient (Wildman–Crippen LogP) is 3.97. The number of ether oxygens (including phenoxy) is 1. The first-order valence-electron chi connectivity index (χ1n) is 9.65. The minimum Gasteiger partial charge on any atom is -0.455 e. The van der Waals surface area contributed by atoms with Gasteiger partial charge in [0.15, 0.2) is 5.76 Å². The van der Waals surface area contributed by atoms with E-state index in [1.807, 2.05) is 35.9 Å². The van der Waals surface area contributed by atoms with Crippen LogP contribution in [0.3, 0.4) is 0 Å². The summed E-state index contributed by atoms with van der Waals surface area (Å²) in [5.41, 5.74) is 5.05. The number of carbonyl (C=O) groups excluding carboxylic acids is 1. The molecular formula is C22H24ClN3O3. The number of hydrogen-bond acceptors (Lipinski definition) is 4. The van der Waals surface area contributed by atoms with Crippen LogP contribution in [-0.2, 0) is 24.1 Å². The van der Waals surface area contributed by atoms with E-state index < -0.39 is 0 Å². The lowest BCUT2D eigenvalue weighted by Gasteiger charge is -2.15. The Bertz CT molecular complexity index is 1040. The van der Waals surface area contributed by atoms with Crippen LogP contribution in [0.15, 0.2) is 34.9 Å². The summed E-state index contributed by atoms with van der Waals surface area (Å²) in [5, 5.41) is 5.54. The zero-order chi connectivity index (χ0) is 20.5. The van der Waals surface area contributed by atoms with Gasteiger partial charge in [0.05, 0.1) is 18.8 Å². The Morgan fingerprint density at radius 1 is 1.31 bits per heavy atom. The van der Waals surface area contributed by atoms with Crippen molar-refractivity contribution < 1.29 is 13.9 Å². The Morgan fingerprint density at radius 3 is 2.79 bits per heavy atom. The van der Waals surface area contributed by atoms with Crippen molar-refractivity contribution in [2.45, 2.75) is 26.3 Å². The van der Waals surface area contributed by atoms with E-state index in [1.54, 1.807) is 19.1 Å². The third-order valence-electron chi connectivity index (χ3n) is 5.34. The summed E-state index contributed by atoms with van der Waals surface area (Å²) in [4.78, 5) is 14.4. The molecule has 0 unspecified atom stereocenters. The second kappa shape index (κ2) is 8.05. The molecule has 29 heavy (non-hydrogen) atoms. The third-order valence-corrected chi connectivity index (χ3v) is 5.60. The number of halogens is 1. The standard InChI is InChI=1S/C22H24ClN3O3/c1-14-19-18(29-21(14)22(27)25(2)10-11-28-3)9-6-16-13-26(24-20(16)19)12-15-4-7-17(23)8-5-15/h4-5,7-8,13H,6,9-12H2,1-3H3. The van der Waals surface area contributed by atoms with E-state index in [0.29, 0.717) is 25.5 Å². The van der Waals surface area contributed by atoms with E-state index in [1.165, 1.54) is 5.56 Å². The molecule has 0 saturated heterocycles. The van der Waals surface area contributed by atoms with E-state index in [9.17, 15) is 4.79 Å². The number of nitrogens with zero attached hydrogens (tertiary/aromatic N) is 3. The highest BCUT2D eigenvalue weighted by Crippen LogP contribution is 2.38. The molecule has 0 atom stereocenters. The summed E-state index contributed by atoms with van der Waals surface area (Å²) >= 11 is 5.98. The van der Waals surface area contributed by atoms with E-state index in [0.717, 1.165) is 46.0 Å². The number of likely N-dealkylation sites (N-methyl/N-ethyl adjacent to an activating group) is 1. The number of methoxy groups -OCH3 is 1. The molecule has 0 radical (unpaired) electrons. The van der Waals surface area contributed by atoms with Crippen molar-refractivity contribution in [2.24, 2.45) is 0 Å². The summed E-state index contributed by atoms with van der Waals surface area (Å²) in [6.45, 7) is 3.61. The average Bonchev–Trinajstić information content (AvgIpc) is 3.27. The molecule has 6 nitrogen and oxygen atoms in total. The normalized spacial score (nSPS) is 12.6. The summed E-state index contributed by atoms with van der Waals surface area (Å²) in [6.07, 6.45) is 3.71. The maximum Gasteiger partial charge on any atom is 0.289 e. The summed E-state index contributed by atoms with van der Waals surface area (Å²) < 4.78 is 13.0. The van der Waals surface area contributed by atoms with Gasteiger partial charge in [-0.25, -0.2) is 0 Å². The Balaban J connectivity index is 1.63. The molecule has 0 fully saturated rings. The molecule has 152 valence electrons. The summed E-state index contributed by atoms with van der Waals surface area (Å²) in [5.74, 6) is 1.11. The quantitative estimate of drug-likeness (QED) is 0.613. The highest BCUT2D eigenvalue weighted by atomic mass is 35.5. The van der Waals surface area contributed by atoms with Crippen molar-refractivity contribution in [1.29, 1.82) is 0 Å².